The standard InChI is InChI=1S/C10H14F3N5O2/c11-10(12,13)9-15-7(17-14)3-8(16-9)18-1-2-20-6(4-18)5-19/h3,6,19H,1-2,4-5,14H2,(H,15,16,17). The fourth-order valence-corrected chi connectivity index (χ4v) is 1.84. The van der Waals surface area contributed by atoms with Gasteiger partial charge in [0.25, 0.3) is 0 Å². The second-order valence-electron chi connectivity index (χ2n) is 4.20. The largest absolute Gasteiger partial charge is 0.451 e. The number of hydrogen-bond donors (Lipinski definition) is 3. The van der Waals surface area contributed by atoms with E-state index in [2.05, 4.69) is 15.4 Å². The van der Waals surface area contributed by atoms with Gasteiger partial charge in [-0.2, -0.15) is 13.2 Å². The average Bonchev–Trinajstić information content (AvgIpc) is 2.46. The molecular formula is C10H14F3N5O2. The Balaban J connectivity index is 2.30. The molecule has 112 valence electrons. The first-order valence-electron chi connectivity index (χ1n) is 5.84. The molecule has 10 heteroatoms. The van der Waals surface area contributed by atoms with E-state index in [0.29, 0.717) is 13.2 Å². The first-order chi connectivity index (χ1) is 9.44. The molecule has 1 aliphatic rings. The summed E-state index contributed by atoms with van der Waals surface area (Å²) < 4.78 is 43.4. The predicted octanol–water partition coefficient (Wildman–Crippen LogP) is -0.0215. The minimum atomic E-state index is -4.66. The van der Waals surface area contributed by atoms with Gasteiger partial charge >= 0.3 is 6.18 Å². The van der Waals surface area contributed by atoms with Crippen LogP contribution in [0.3, 0.4) is 0 Å². The van der Waals surface area contributed by atoms with Gasteiger partial charge < -0.3 is 20.2 Å². The maximum absolute atomic E-state index is 12.7. The van der Waals surface area contributed by atoms with E-state index in [0.717, 1.165) is 0 Å². The summed E-state index contributed by atoms with van der Waals surface area (Å²) >= 11 is 0. The van der Waals surface area contributed by atoms with Crippen LogP contribution in [0.25, 0.3) is 0 Å². The van der Waals surface area contributed by atoms with E-state index in [1.54, 1.807) is 4.90 Å². The Kier molecular flexibility index (Phi) is 4.26. The molecule has 1 saturated heterocycles. The lowest BCUT2D eigenvalue weighted by Crippen LogP contribution is -2.44. The van der Waals surface area contributed by atoms with Crippen LogP contribution in [0.2, 0.25) is 0 Å². The number of nitrogens with two attached hydrogens (primary N) is 1. The number of hydrogen-bond acceptors (Lipinski definition) is 7. The van der Waals surface area contributed by atoms with Crippen molar-refractivity contribution in [3.63, 3.8) is 0 Å². The molecule has 1 fully saturated rings. The van der Waals surface area contributed by atoms with Crippen molar-refractivity contribution in [1.82, 2.24) is 9.97 Å². The van der Waals surface area contributed by atoms with Crippen molar-refractivity contribution < 1.29 is 23.0 Å². The number of morpholine rings is 1. The second-order valence-corrected chi connectivity index (χ2v) is 4.20. The maximum atomic E-state index is 12.7. The summed E-state index contributed by atoms with van der Waals surface area (Å²) in [6, 6.07) is 1.31. The third kappa shape index (κ3) is 3.26. The fraction of sp³-hybridized carbons (Fsp3) is 0.600. The van der Waals surface area contributed by atoms with E-state index < -0.39 is 18.1 Å². The highest BCUT2D eigenvalue weighted by Gasteiger charge is 2.36. The van der Waals surface area contributed by atoms with Crippen molar-refractivity contribution in [2.45, 2.75) is 12.3 Å². The molecule has 1 aromatic rings. The van der Waals surface area contributed by atoms with E-state index in [9.17, 15) is 13.2 Å². The van der Waals surface area contributed by atoms with E-state index in [1.807, 2.05) is 0 Å². The third-order valence-electron chi connectivity index (χ3n) is 2.78. The molecule has 1 aliphatic heterocycles. The summed E-state index contributed by atoms with van der Waals surface area (Å²) in [6.45, 7) is 0.696. The summed E-state index contributed by atoms with van der Waals surface area (Å²) in [5.74, 6) is 3.81. The van der Waals surface area contributed by atoms with Gasteiger partial charge in [0.2, 0.25) is 5.82 Å². The van der Waals surface area contributed by atoms with Gasteiger partial charge in [-0.25, -0.2) is 15.8 Å². The summed E-state index contributed by atoms with van der Waals surface area (Å²) in [4.78, 5) is 8.37. The quantitative estimate of drug-likeness (QED) is 0.532. The monoisotopic (exact) mass is 293 g/mol. The van der Waals surface area contributed by atoms with Crippen molar-refractivity contribution in [1.29, 1.82) is 0 Å². The predicted molar refractivity (Wildman–Crippen MR) is 63.9 cm³/mol. The Morgan fingerprint density at radius 3 is 2.85 bits per heavy atom. The molecule has 0 bridgehead atoms. The van der Waals surface area contributed by atoms with E-state index >= 15 is 0 Å². The van der Waals surface area contributed by atoms with Gasteiger partial charge in [0.05, 0.1) is 19.3 Å². The molecule has 1 atom stereocenters. The normalized spacial score (nSPS) is 20.1. The number of nitrogens with one attached hydrogen (secondary N) is 1. The van der Waals surface area contributed by atoms with Crippen molar-refractivity contribution in [3.05, 3.63) is 11.9 Å². The van der Waals surface area contributed by atoms with Crippen LogP contribution in [0.15, 0.2) is 6.07 Å². The SMILES string of the molecule is NNc1cc(N2CCOC(CO)C2)nc(C(F)(F)F)n1. The van der Waals surface area contributed by atoms with E-state index in [-0.39, 0.29) is 24.8 Å². The molecule has 2 heterocycles. The molecule has 2 rings (SSSR count). The van der Waals surface area contributed by atoms with Gasteiger partial charge in [-0.15, -0.1) is 0 Å². The molecule has 20 heavy (non-hydrogen) atoms. The Bertz CT molecular complexity index is 471. The highest BCUT2D eigenvalue weighted by molar-refractivity contribution is 5.49. The van der Waals surface area contributed by atoms with Gasteiger partial charge in [-0.3, -0.25) is 0 Å². The molecule has 1 unspecified atom stereocenters. The second kappa shape index (κ2) is 5.77. The summed E-state index contributed by atoms with van der Waals surface area (Å²) in [7, 11) is 0. The van der Waals surface area contributed by atoms with Crippen molar-refractivity contribution in [2.24, 2.45) is 5.84 Å². The zero-order valence-corrected chi connectivity index (χ0v) is 10.4. The van der Waals surface area contributed by atoms with Crippen molar-refractivity contribution in [2.75, 3.05) is 36.6 Å². The zero-order valence-electron chi connectivity index (χ0n) is 10.4. The summed E-state index contributed by atoms with van der Waals surface area (Å²) in [5, 5.41) is 9.04. The van der Waals surface area contributed by atoms with Crippen molar-refractivity contribution in [3.8, 4) is 0 Å². The third-order valence-corrected chi connectivity index (χ3v) is 2.78. The average molecular weight is 293 g/mol. The van der Waals surface area contributed by atoms with Crippen LogP contribution in [0.5, 0.6) is 0 Å². The van der Waals surface area contributed by atoms with Crippen LogP contribution < -0.4 is 16.2 Å². The first kappa shape index (κ1) is 14.8. The molecule has 0 radical (unpaired) electrons. The number of aromatic nitrogens is 2. The van der Waals surface area contributed by atoms with Crippen LogP contribution in [0.1, 0.15) is 5.82 Å². The molecule has 0 spiro atoms. The number of nitrogens with zero attached hydrogens (tertiary/aromatic N) is 3. The fourth-order valence-electron chi connectivity index (χ4n) is 1.84. The van der Waals surface area contributed by atoms with E-state index in [1.165, 1.54) is 6.07 Å². The number of aliphatic hydroxyl groups is 1. The van der Waals surface area contributed by atoms with Crippen molar-refractivity contribution >= 4 is 11.6 Å². The van der Waals surface area contributed by atoms with Gasteiger partial charge in [-0.1, -0.05) is 0 Å². The number of ether oxygens (including phenoxy) is 1. The van der Waals surface area contributed by atoms with Crippen LogP contribution in [0.4, 0.5) is 24.8 Å². The molecule has 7 nitrogen and oxygen atoms in total. The molecule has 1 aromatic heterocycles. The molecule has 0 amide bonds. The van der Waals surface area contributed by atoms with Gasteiger partial charge in [0.1, 0.15) is 11.6 Å². The van der Waals surface area contributed by atoms with Crippen LogP contribution in [-0.2, 0) is 10.9 Å². The topological polar surface area (TPSA) is 96.5 Å². The van der Waals surface area contributed by atoms with Crippen LogP contribution in [-0.4, -0.2) is 47.5 Å². The number of rotatable bonds is 3. The Morgan fingerprint density at radius 2 is 2.25 bits per heavy atom. The number of aliphatic hydroxyl groups excluding tert-OH is 1. The zero-order chi connectivity index (χ0) is 14.8. The van der Waals surface area contributed by atoms with E-state index in [4.69, 9.17) is 15.7 Å². The molecule has 4 N–H and O–H groups in total. The van der Waals surface area contributed by atoms with Gasteiger partial charge in [-0.05, 0) is 0 Å². The highest BCUT2D eigenvalue weighted by atomic mass is 19.4. The molecule has 0 aromatic carbocycles. The molecule has 0 saturated carbocycles. The molecular weight excluding hydrogens is 279 g/mol. The molecule has 0 aliphatic carbocycles. The number of nitrogen functional groups attached to an aromatic ring is 1. The Hall–Kier alpha value is -1.65. The lowest BCUT2D eigenvalue weighted by Gasteiger charge is -2.33. The number of halogens is 3. The lowest BCUT2D eigenvalue weighted by molar-refractivity contribution is -0.144. The Morgan fingerprint density at radius 1 is 1.50 bits per heavy atom. The van der Waals surface area contributed by atoms with Crippen LogP contribution in [0, 0.1) is 0 Å². The number of anilines is 2. The minimum absolute atomic E-state index is 0.0852. The maximum Gasteiger partial charge on any atom is 0.451 e. The van der Waals surface area contributed by atoms with Crippen LogP contribution >= 0.6 is 0 Å². The first-order valence-corrected chi connectivity index (χ1v) is 5.84. The number of hydrazine groups is 1. The summed E-state index contributed by atoms with van der Waals surface area (Å²) in [5.41, 5.74) is 2.09. The lowest BCUT2D eigenvalue weighted by atomic mass is 10.3. The number of alkyl halides is 3. The summed E-state index contributed by atoms with van der Waals surface area (Å²) in [6.07, 6.45) is -5.12. The van der Waals surface area contributed by atoms with Gasteiger partial charge in [0.15, 0.2) is 0 Å². The highest BCUT2D eigenvalue weighted by Crippen LogP contribution is 2.29. The smallest absolute Gasteiger partial charge is 0.394 e. The Labute approximate surface area is 112 Å². The minimum Gasteiger partial charge on any atom is -0.394 e. The van der Waals surface area contributed by atoms with Gasteiger partial charge in [0, 0.05) is 19.2 Å².